The average Bonchev–Trinajstić information content (AvgIpc) is 3.04. The van der Waals surface area contributed by atoms with Gasteiger partial charge < -0.3 is 10.1 Å². The minimum atomic E-state index is -0.672. The number of hydrogen-bond donors (Lipinski definition) is 1. The van der Waals surface area contributed by atoms with Crippen LogP contribution < -0.4 is 10.1 Å². The molecule has 3 aromatic rings. The fourth-order valence-electron chi connectivity index (χ4n) is 3.68. The fourth-order valence-corrected chi connectivity index (χ4v) is 3.68. The van der Waals surface area contributed by atoms with Crippen LogP contribution in [0.1, 0.15) is 40.9 Å². The predicted octanol–water partition coefficient (Wildman–Crippen LogP) is 4.03. The standard InChI is InChI=1S/C22H20FN3O3/c1-3-29-18-7-5-4-6-16(18)21(28)17-12-19(27)24-22-20(17)13(2)25-26(22)15-10-8-14(23)9-11-15/h4-11,17H,3,12H2,1-2H3,(H,24,27). The maximum absolute atomic E-state index is 13.4. The van der Waals surface area contributed by atoms with Gasteiger partial charge in [0.25, 0.3) is 0 Å². The lowest BCUT2D eigenvalue weighted by Gasteiger charge is -2.24. The van der Waals surface area contributed by atoms with Crippen LogP contribution in [0.5, 0.6) is 5.75 Å². The van der Waals surface area contributed by atoms with Crippen molar-refractivity contribution in [1.29, 1.82) is 0 Å². The van der Waals surface area contributed by atoms with Crippen LogP contribution in [-0.2, 0) is 4.79 Å². The number of para-hydroxylation sites is 1. The molecule has 1 aliphatic heterocycles. The molecule has 4 rings (SSSR count). The van der Waals surface area contributed by atoms with E-state index in [2.05, 4.69) is 10.4 Å². The monoisotopic (exact) mass is 393 g/mol. The van der Waals surface area contributed by atoms with Crippen molar-refractivity contribution in [2.24, 2.45) is 0 Å². The van der Waals surface area contributed by atoms with E-state index in [-0.39, 0.29) is 23.9 Å². The summed E-state index contributed by atoms with van der Waals surface area (Å²) in [4.78, 5) is 25.8. The first-order valence-corrected chi connectivity index (χ1v) is 9.41. The van der Waals surface area contributed by atoms with Crippen molar-refractivity contribution in [3.63, 3.8) is 0 Å². The summed E-state index contributed by atoms with van der Waals surface area (Å²) in [6.45, 7) is 4.08. The lowest BCUT2D eigenvalue weighted by molar-refractivity contribution is -0.116. The molecule has 0 fully saturated rings. The Kier molecular flexibility index (Phi) is 4.88. The highest BCUT2D eigenvalue weighted by Crippen LogP contribution is 2.39. The van der Waals surface area contributed by atoms with Gasteiger partial charge in [-0.05, 0) is 50.2 Å². The lowest BCUT2D eigenvalue weighted by atomic mass is 9.85. The summed E-state index contributed by atoms with van der Waals surface area (Å²) in [7, 11) is 0. The number of ketones is 1. The molecule has 1 aliphatic rings. The van der Waals surface area contributed by atoms with Gasteiger partial charge in [-0.3, -0.25) is 9.59 Å². The number of carbonyl (C=O) groups is 2. The zero-order chi connectivity index (χ0) is 20.5. The highest BCUT2D eigenvalue weighted by atomic mass is 19.1. The molecule has 1 amide bonds. The van der Waals surface area contributed by atoms with Crippen LogP contribution in [-0.4, -0.2) is 28.1 Å². The molecule has 7 heteroatoms. The van der Waals surface area contributed by atoms with Gasteiger partial charge in [0.05, 0.1) is 29.5 Å². The average molecular weight is 393 g/mol. The summed E-state index contributed by atoms with van der Waals surface area (Å²) in [6, 6.07) is 12.8. The van der Waals surface area contributed by atoms with Gasteiger partial charge in [-0.25, -0.2) is 9.07 Å². The number of rotatable bonds is 5. The number of nitrogens with zero attached hydrogens (tertiary/aromatic N) is 2. The predicted molar refractivity (Wildman–Crippen MR) is 106 cm³/mol. The van der Waals surface area contributed by atoms with Gasteiger partial charge in [0, 0.05) is 12.0 Å². The van der Waals surface area contributed by atoms with E-state index in [4.69, 9.17) is 4.74 Å². The molecule has 0 bridgehead atoms. The molecule has 148 valence electrons. The van der Waals surface area contributed by atoms with Crippen LogP contribution in [0.3, 0.4) is 0 Å². The number of aryl methyl sites for hydroxylation is 1. The number of nitrogens with one attached hydrogen (secondary N) is 1. The molecule has 2 aromatic carbocycles. The van der Waals surface area contributed by atoms with E-state index in [1.165, 1.54) is 16.8 Å². The normalized spacial score (nSPS) is 15.6. The van der Waals surface area contributed by atoms with Crippen molar-refractivity contribution in [2.45, 2.75) is 26.2 Å². The number of carbonyl (C=O) groups excluding carboxylic acids is 2. The third kappa shape index (κ3) is 3.40. The quantitative estimate of drug-likeness (QED) is 0.665. The summed E-state index contributed by atoms with van der Waals surface area (Å²) in [6.07, 6.45) is 0.0300. The van der Waals surface area contributed by atoms with Crippen LogP contribution in [0.25, 0.3) is 5.69 Å². The molecular formula is C22H20FN3O3. The molecular weight excluding hydrogens is 373 g/mol. The number of Topliss-reactive ketones (excluding diaryl/α,β-unsaturated/α-hetero) is 1. The fraction of sp³-hybridized carbons (Fsp3) is 0.227. The molecule has 0 spiro atoms. The first kappa shape index (κ1) is 18.9. The molecule has 29 heavy (non-hydrogen) atoms. The highest BCUT2D eigenvalue weighted by Gasteiger charge is 2.37. The Morgan fingerprint density at radius 2 is 1.97 bits per heavy atom. The van der Waals surface area contributed by atoms with E-state index in [0.29, 0.717) is 40.7 Å². The van der Waals surface area contributed by atoms with Crippen molar-refractivity contribution < 1.29 is 18.7 Å². The maximum Gasteiger partial charge on any atom is 0.226 e. The Balaban J connectivity index is 1.80. The SMILES string of the molecule is CCOc1ccccc1C(=O)C1CC(=O)Nc2c1c(C)nn2-c1ccc(F)cc1. The summed E-state index contributed by atoms with van der Waals surface area (Å²) in [5, 5.41) is 7.33. The van der Waals surface area contributed by atoms with Crippen LogP contribution >= 0.6 is 0 Å². The van der Waals surface area contributed by atoms with Gasteiger partial charge in [0.15, 0.2) is 5.78 Å². The van der Waals surface area contributed by atoms with E-state index in [1.54, 1.807) is 43.3 Å². The Labute approximate surface area is 167 Å². The second-order valence-corrected chi connectivity index (χ2v) is 6.83. The van der Waals surface area contributed by atoms with Crippen molar-refractivity contribution in [1.82, 2.24) is 9.78 Å². The molecule has 2 heterocycles. The van der Waals surface area contributed by atoms with E-state index in [1.807, 2.05) is 6.92 Å². The van der Waals surface area contributed by atoms with Gasteiger partial charge in [-0.15, -0.1) is 0 Å². The van der Waals surface area contributed by atoms with E-state index in [0.717, 1.165) is 0 Å². The topological polar surface area (TPSA) is 73.2 Å². The van der Waals surface area contributed by atoms with Crippen LogP contribution in [0.15, 0.2) is 48.5 Å². The minimum Gasteiger partial charge on any atom is -0.493 e. The molecule has 0 aliphatic carbocycles. The Bertz CT molecular complexity index is 1090. The number of ether oxygens (including phenoxy) is 1. The smallest absolute Gasteiger partial charge is 0.226 e. The number of aromatic nitrogens is 2. The van der Waals surface area contributed by atoms with Crippen molar-refractivity contribution in [3.8, 4) is 11.4 Å². The maximum atomic E-state index is 13.4. The van der Waals surface area contributed by atoms with Crippen LogP contribution in [0.4, 0.5) is 10.2 Å². The number of fused-ring (bicyclic) bond motifs is 1. The Morgan fingerprint density at radius 1 is 1.24 bits per heavy atom. The summed E-state index contributed by atoms with van der Waals surface area (Å²) in [5.41, 5.74) is 2.34. The lowest BCUT2D eigenvalue weighted by Crippen LogP contribution is -2.28. The second kappa shape index (κ2) is 7.50. The third-order valence-electron chi connectivity index (χ3n) is 4.94. The highest BCUT2D eigenvalue weighted by molar-refractivity contribution is 6.09. The van der Waals surface area contributed by atoms with Crippen molar-refractivity contribution in [3.05, 3.63) is 71.2 Å². The molecule has 0 radical (unpaired) electrons. The molecule has 1 unspecified atom stereocenters. The summed E-state index contributed by atoms with van der Waals surface area (Å²) >= 11 is 0. The second-order valence-electron chi connectivity index (χ2n) is 6.83. The molecule has 1 N–H and O–H groups in total. The summed E-state index contributed by atoms with van der Waals surface area (Å²) < 4.78 is 20.4. The van der Waals surface area contributed by atoms with E-state index in [9.17, 15) is 14.0 Å². The Morgan fingerprint density at radius 3 is 2.69 bits per heavy atom. The first-order valence-electron chi connectivity index (χ1n) is 9.41. The molecule has 1 aromatic heterocycles. The molecule has 1 atom stereocenters. The number of hydrogen-bond acceptors (Lipinski definition) is 4. The molecule has 0 saturated carbocycles. The Hall–Kier alpha value is -3.48. The first-order chi connectivity index (χ1) is 14.0. The van der Waals surface area contributed by atoms with Gasteiger partial charge in [0.1, 0.15) is 17.4 Å². The number of halogens is 1. The molecule has 6 nitrogen and oxygen atoms in total. The van der Waals surface area contributed by atoms with Crippen molar-refractivity contribution >= 4 is 17.5 Å². The summed E-state index contributed by atoms with van der Waals surface area (Å²) in [5.74, 6) is -0.556. The van der Waals surface area contributed by atoms with Crippen LogP contribution in [0, 0.1) is 12.7 Å². The molecule has 0 saturated heterocycles. The third-order valence-corrected chi connectivity index (χ3v) is 4.94. The van der Waals surface area contributed by atoms with E-state index >= 15 is 0 Å². The van der Waals surface area contributed by atoms with E-state index < -0.39 is 5.92 Å². The van der Waals surface area contributed by atoms with Crippen molar-refractivity contribution in [2.75, 3.05) is 11.9 Å². The van der Waals surface area contributed by atoms with Gasteiger partial charge >= 0.3 is 0 Å². The van der Waals surface area contributed by atoms with Gasteiger partial charge in [-0.2, -0.15) is 5.10 Å². The minimum absolute atomic E-state index is 0.0300. The van der Waals surface area contributed by atoms with Gasteiger partial charge in [0.2, 0.25) is 5.91 Å². The van der Waals surface area contributed by atoms with Gasteiger partial charge in [-0.1, -0.05) is 12.1 Å². The zero-order valence-corrected chi connectivity index (χ0v) is 16.1. The number of benzene rings is 2. The van der Waals surface area contributed by atoms with Crippen LogP contribution in [0.2, 0.25) is 0 Å². The zero-order valence-electron chi connectivity index (χ0n) is 16.1. The number of anilines is 1. The number of amides is 1. The largest absolute Gasteiger partial charge is 0.493 e.